The number of halogens is 3. The Kier molecular flexibility index (Phi) is 29.0. The molecular formula is C48H72Br3N3. The fourth-order valence-electron chi connectivity index (χ4n) is 7.41. The monoisotopic (exact) mass is 927 g/mol. The van der Waals surface area contributed by atoms with Gasteiger partial charge >= 0.3 is 0 Å². The average molecular weight is 931 g/mol. The third-order valence-electron chi connectivity index (χ3n) is 10.5. The van der Waals surface area contributed by atoms with Gasteiger partial charge in [0.25, 0.3) is 0 Å². The summed E-state index contributed by atoms with van der Waals surface area (Å²) in [5, 5.41) is 0. The van der Waals surface area contributed by atoms with Gasteiger partial charge in [-0.05, 0) is 131 Å². The molecule has 0 bridgehead atoms. The summed E-state index contributed by atoms with van der Waals surface area (Å²) in [7, 11) is 0. The van der Waals surface area contributed by atoms with Gasteiger partial charge in [0.15, 0.2) is 37.2 Å². The molecule has 0 unspecified atom stereocenters. The average Bonchev–Trinajstić information content (AvgIpc) is 3.15. The zero-order valence-corrected chi connectivity index (χ0v) is 38.9. The molecule has 1 aromatic carbocycles. The minimum Gasteiger partial charge on any atom is -1.00 e. The predicted octanol–water partition coefficient (Wildman–Crippen LogP) is 1.83. The van der Waals surface area contributed by atoms with Crippen LogP contribution in [0.2, 0.25) is 0 Å². The van der Waals surface area contributed by atoms with Crippen molar-refractivity contribution in [1.29, 1.82) is 0 Å². The van der Waals surface area contributed by atoms with Crippen LogP contribution in [-0.4, -0.2) is 0 Å². The molecule has 0 aliphatic heterocycles. The second-order valence-corrected chi connectivity index (χ2v) is 15.3. The Balaban J connectivity index is 0.00000486. The highest BCUT2D eigenvalue weighted by Crippen LogP contribution is 2.18. The van der Waals surface area contributed by atoms with E-state index in [-0.39, 0.29) is 50.9 Å². The number of benzene rings is 1. The van der Waals surface area contributed by atoms with Crippen LogP contribution in [0.25, 0.3) is 0 Å². The van der Waals surface area contributed by atoms with Crippen molar-refractivity contribution in [3.05, 3.63) is 125 Å². The summed E-state index contributed by atoms with van der Waals surface area (Å²) in [5.74, 6) is 0. The van der Waals surface area contributed by atoms with Crippen molar-refractivity contribution in [2.24, 2.45) is 0 Å². The molecule has 0 atom stereocenters. The van der Waals surface area contributed by atoms with Crippen molar-refractivity contribution >= 4 is 0 Å². The van der Waals surface area contributed by atoms with Crippen LogP contribution in [0.4, 0.5) is 0 Å². The van der Waals surface area contributed by atoms with Gasteiger partial charge in [0.05, 0.1) is 0 Å². The summed E-state index contributed by atoms with van der Waals surface area (Å²) >= 11 is 0. The second kappa shape index (κ2) is 31.2. The number of unbranched alkanes of at least 4 members (excludes halogenated alkanes) is 9. The minimum absolute atomic E-state index is 0. The van der Waals surface area contributed by atoms with Crippen molar-refractivity contribution in [2.75, 3.05) is 0 Å². The quantitative estimate of drug-likeness (QED) is 0.0641. The van der Waals surface area contributed by atoms with Crippen LogP contribution in [-0.2, 0) is 58.2 Å². The van der Waals surface area contributed by atoms with E-state index in [0.29, 0.717) is 0 Å². The number of hydrogen-bond acceptors (Lipinski definition) is 0. The maximum absolute atomic E-state index is 2.55. The third kappa shape index (κ3) is 20.9. The number of aryl methyl sites for hydroxylation is 9. The molecule has 4 rings (SSSR count). The van der Waals surface area contributed by atoms with E-state index in [4.69, 9.17) is 0 Å². The number of aromatic nitrogens is 3. The Labute approximate surface area is 362 Å². The smallest absolute Gasteiger partial charge is 0.171 e. The molecule has 3 nitrogen and oxygen atoms in total. The largest absolute Gasteiger partial charge is 1.00 e. The Hall–Kier alpha value is -1.89. The van der Waals surface area contributed by atoms with Gasteiger partial charge in [-0.15, -0.1) is 0 Å². The van der Waals surface area contributed by atoms with Gasteiger partial charge in [-0.3, -0.25) is 0 Å². The fraction of sp³-hybridized carbons (Fsp3) is 0.562. The number of hydrogen-bond donors (Lipinski definition) is 0. The van der Waals surface area contributed by atoms with Crippen LogP contribution in [0.1, 0.15) is 150 Å². The van der Waals surface area contributed by atoms with Crippen LogP contribution >= 0.6 is 0 Å². The molecule has 300 valence electrons. The Morgan fingerprint density at radius 1 is 0.333 bits per heavy atom. The third-order valence-corrected chi connectivity index (χ3v) is 10.5. The zero-order valence-electron chi connectivity index (χ0n) is 34.1. The molecule has 6 heteroatoms. The van der Waals surface area contributed by atoms with Gasteiger partial charge < -0.3 is 50.9 Å². The molecule has 3 aromatic heterocycles. The van der Waals surface area contributed by atoms with Crippen LogP contribution in [0, 0.1) is 0 Å². The van der Waals surface area contributed by atoms with Crippen LogP contribution in [0.3, 0.4) is 0 Å². The normalized spacial score (nSPS) is 10.7. The Bertz CT molecular complexity index is 1330. The fourth-order valence-corrected chi connectivity index (χ4v) is 7.41. The van der Waals surface area contributed by atoms with E-state index >= 15 is 0 Å². The molecule has 4 aromatic rings. The molecule has 0 fully saturated rings. The Morgan fingerprint density at radius 2 is 0.611 bits per heavy atom. The summed E-state index contributed by atoms with van der Waals surface area (Å²) in [4.78, 5) is 0. The lowest BCUT2D eigenvalue weighted by molar-refractivity contribution is -0.697. The van der Waals surface area contributed by atoms with Crippen molar-refractivity contribution in [3.8, 4) is 0 Å². The van der Waals surface area contributed by atoms with Gasteiger partial charge in [0.1, 0.15) is 19.6 Å². The number of nitrogens with zero attached hydrogens (tertiary/aromatic N) is 3. The first-order chi connectivity index (χ1) is 25.1. The minimum atomic E-state index is 0. The molecule has 0 amide bonds. The van der Waals surface area contributed by atoms with E-state index in [0.717, 1.165) is 19.6 Å². The lowest BCUT2D eigenvalue weighted by Gasteiger charge is -2.11. The molecule has 54 heavy (non-hydrogen) atoms. The van der Waals surface area contributed by atoms with Crippen LogP contribution < -0.4 is 64.6 Å². The van der Waals surface area contributed by atoms with E-state index < -0.39 is 0 Å². The Morgan fingerprint density at radius 3 is 0.889 bits per heavy atom. The standard InChI is InChI=1S/C48H72N3.3BrH/c1-4-7-22-43-28-19-34-49(40-43)31-16-10-13-25-46-37-47(26-14-11-17-32-50-35-20-29-44(41-50)23-8-5-2)39-48(38-46)27-15-12-18-33-51-36-21-30-45(42-51)24-9-6-3;;;/h19-21,28-30,34-42H,4-18,22-27,31-33H2,1-3H3;3*1H/q+3;;;/p-3. The maximum atomic E-state index is 2.55. The van der Waals surface area contributed by atoms with E-state index in [2.05, 4.69) is 126 Å². The molecule has 0 saturated carbocycles. The van der Waals surface area contributed by atoms with E-state index in [1.807, 2.05) is 0 Å². The van der Waals surface area contributed by atoms with Gasteiger partial charge in [0, 0.05) is 54.2 Å². The summed E-state index contributed by atoms with van der Waals surface area (Å²) < 4.78 is 7.23. The SMILES string of the molecule is CCCCc1ccc[n+](CCCCCc2cc(CCCCC[n+]3cccc(CCCC)c3)cc(CCCCC[n+]3cccc(CCCC)c3)c2)c1.[Br-].[Br-].[Br-]. The van der Waals surface area contributed by atoms with E-state index in [1.165, 1.54) is 152 Å². The molecular weight excluding hydrogens is 858 g/mol. The van der Waals surface area contributed by atoms with Crippen LogP contribution in [0.5, 0.6) is 0 Å². The van der Waals surface area contributed by atoms with Gasteiger partial charge in [-0.1, -0.05) is 58.2 Å². The van der Waals surface area contributed by atoms with Crippen molar-refractivity contribution in [3.63, 3.8) is 0 Å². The molecule has 0 spiro atoms. The summed E-state index contributed by atoms with van der Waals surface area (Å²) in [6, 6.07) is 21.2. The first kappa shape index (κ1) is 50.1. The van der Waals surface area contributed by atoms with Gasteiger partial charge in [-0.2, -0.15) is 0 Å². The van der Waals surface area contributed by atoms with E-state index in [1.54, 1.807) is 16.7 Å². The topological polar surface area (TPSA) is 11.6 Å². The maximum Gasteiger partial charge on any atom is 0.171 e. The molecule has 3 heterocycles. The summed E-state index contributed by atoms with van der Waals surface area (Å²) in [6.07, 6.45) is 40.2. The van der Waals surface area contributed by atoms with Gasteiger partial charge in [-0.25, -0.2) is 13.7 Å². The first-order valence-corrected chi connectivity index (χ1v) is 21.2. The molecule has 0 saturated heterocycles. The summed E-state index contributed by atoms with van der Waals surface area (Å²) in [6.45, 7) is 10.2. The number of pyridine rings is 3. The molecule has 0 N–H and O–H groups in total. The zero-order chi connectivity index (χ0) is 35.8. The molecule has 0 aliphatic rings. The highest BCUT2D eigenvalue weighted by Gasteiger charge is 2.08. The highest BCUT2D eigenvalue weighted by molar-refractivity contribution is 5.31. The van der Waals surface area contributed by atoms with Crippen molar-refractivity contribution in [1.82, 2.24) is 0 Å². The first-order valence-electron chi connectivity index (χ1n) is 21.2. The highest BCUT2D eigenvalue weighted by atomic mass is 79.9. The predicted molar refractivity (Wildman–Crippen MR) is 215 cm³/mol. The molecule has 0 radical (unpaired) electrons. The lowest BCUT2D eigenvalue weighted by Crippen LogP contribution is -3.00. The lowest BCUT2D eigenvalue weighted by atomic mass is 9.95. The molecule has 0 aliphatic carbocycles. The van der Waals surface area contributed by atoms with Crippen molar-refractivity contribution in [2.45, 2.75) is 175 Å². The van der Waals surface area contributed by atoms with Crippen molar-refractivity contribution < 1.29 is 64.6 Å². The second-order valence-electron chi connectivity index (χ2n) is 15.3. The van der Waals surface area contributed by atoms with Gasteiger partial charge in [0.2, 0.25) is 0 Å². The summed E-state index contributed by atoms with van der Waals surface area (Å²) in [5.41, 5.74) is 9.14. The van der Waals surface area contributed by atoms with Crippen LogP contribution in [0.15, 0.2) is 91.8 Å². The number of rotatable bonds is 27. The van der Waals surface area contributed by atoms with E-state index in [9.17, 15) is 0 Å².